The van der Waals surface area contributed by atoms with Crippen molar-refractivity contribution >= 4 is 62.8 Å². The zero-order chi connectivity index (χ0) is 22.8. The van der Waals surface area contributed by atoms with E-state index in [-0.39, 0.29) is 5.91 Å². The molecule has 0 radical (unpaired) electrons. The van der Waals surface area contributed by atoms with Crippen LogP contribution in [-0.4, -0.2) is 28.4 Å². The Morgan fingerprint density at radius 1 is 1.12 bits per heavy atom. The molecule has 4 rings (SSSR count). The zero-order valence-corrected chi connectivity index (χ0v) is 19.7. The first kappa shape index (κ1) is 22.3. The molecule has 1 aliphatic rings. The van der Waals surface area contributed by atoms with E-state index in [0.717, 1.165) is 21.7 Å². The fraction of sp³-hybridized carbons (Fsp3) is 0.174. The maximum atomic E-state index is 12.8. The summed E-state index contributed by atoms with van der Waals surface area (Å²) in [4.78, 5) is 28.0. The van der Waals surface area contributed by atoms with Crippen molar-refractivity contribution in [2.45, 2.75) is 19.9 Å². The molecule has 6 nitrogen and oxygen atoms in total. The van der Waals surface area contributed by atoms with Gasteiger partial charge >= 0.3 is 0 Å². The number of primary amides is 1. The van der Waals surface area contributed by atoms with E-state index >= 15 is 0 Å². The van der Waals surface area contributed by atoms with Crippen molar-refractivity contribution in [3.8, 4) is 0 Å². The number of para-hydroxylation sites is 1. The minimum atomic E-state index is -0.548. The number of nitrogens with two attached hydrogens (primary N) is 1. The summed E-state index contributed by atoms with van der Waals surface area (Å²) in [6.07, 6.45) is 0.592. The highest BCUT2D eigenvalue weighted by atomic mass is 35.5. The minimum Gasteiger partial charge on any atom is -0.365 e. The number of hydrogen-bond donors (Lipinski definition) is 3. The molecule has 0 aliphatic carbocycles. The van der Waals surface area contributed by atoms with E-state index in [1.807, 2.05) is 42.2 Å². The Balaban J connectivity index is 1.56. The Morgan fingerprint density at radius 2 is 1.84 bits per heavy atom. The Bertz CT molecular complexity index is 1220. The molecule has 4 N–H and O–H groups in total. The first-order valence-corrected chi connectivity index (χ1v) is 11.6. The molecule has 0 fully saturated rings. The molecule has 2 aromatic carbocycles. The Labute approximate surface area is 200 Å². The Hall–Kier alpha value is -2.94. The predicted molar refractivity (Wildman–Crippen MR) is 134 cm³/mol. The summed E-state index contributed by atoms with van der Waals surface area (Å²) in [5.74, 6) is -0.815. The van der Waals surface area contributed by atoms with E-state index < -0.39 is 5.91 Å². The van der Waals surface area contributed by atoms with Gasteiger partial charge in [-0.1, -0.05) is 41.9 Å². The van der Waals surface area contributed by atoms with E-state index in [0.29, 0.717) is 45.8 Å². The third-order valence-corrected chi connectivity index (χ3v) is 7.14. The number of rotatable bonds is 4. The molecule has 0 atom stereocenters. The van der Waals surface area contributed by atoms with Crippen LogP contribution in [0.3, 0.4) is 0 Å². The molecule has 0 spiro atoms. The number of nitrogens with one attached hydrogen (secondary N) is 2. The Kier molecular flexibility index (Phi) is 6.45. The summed E-state index contributed by atoms with van der Waals surface area (Å²) < 4.78 is 0. The molecule has 0 bridgehead atoms. The van der Waals surface area contributed by atoms with Crippen molar-refractivity contribution in [1.29, 1.82) is 0 Å². The SMILES string of the molecule is Cc1ccccc1C(=O)Nc1sc2c(c1C(N)=O)CCN(C(=S)Nc1ccccc1Cl)C2. The minimum absolute atomic E-state index is 0.267. The molecule has 1 aliphatic heterocycles. The molecule has 0 saturated carbocycles. The fourth-order valence-corrected chi connectivity index (χ4v) is 5.39. The second-order valence-electron chi connectivity index (χ2n) is 7.42. The van der Waals surface area contributed by atoms with Crippen molar-refractivity contribution in [1.82, 2.24) is 4.90 Å². The van der Waals surface area contributed by atoms with Gasteiger partial charge in [-0.2, -0.15) is 0 Å². The van der Waals surface area contributed by atoms with Gasteiger partial charge in [0.05, 0.1) is 22.8 Å². The topological polar surface area (TPSA) is 87.5 Å². The number of anilines is 2. The van der Waals surface area contributed by atoms with Gasteiger partial charge in [0, 0.05) is 17.0 Å². The van der Waals surface area contributed by atoms with Gasteiger partial charge in [0.2, 0.25) is 0 Å². The number of benzene rings is 2. The lowest BCUT2D eigenvalue weighted by atomic mass is 10.0. The third-order valence-electron chi connectivity index (χ3n) is 5.32. The number of aryl methyl sites for hydroxylation is 1. The van der Waals surface area contributed by atoms with Crippen molar-refractivity contribution in [2.75, 3.05) is 17.2 Å². The number of hydrogen-bond acceptors (Lipinski definition) is 4. The van der Waals surface area contributed by atoms with E-state index in [1.165, 1.54) is 11.3 Å². The first-order valence-electron chi connectivity index (χ1n) is 9.97. The molecule has 164 valence electrons. The van der Waals surface area contributed by atoms with Crippen LogP contribution < -0.4 is 16.4 Å². The van der Waals surface area contributed by atoms with Gasteiger partial charge in [-0.15, -0.1) is 11.3 Å². The molecule has 32 heavy (non-hydrogen) atoms. The number of thiocarbonyl (C=S) groups is 1. The number of carbonyl (C=O) groups is 2. The monoisotopic (exact) mass is 484 g/mol. The van der Waals surface area contributed by atoms with E-state index in [2.05, 4.69) is 10.6 Å². The summed E-state index contributed by atoms with van der Waals surface area (Å²) in [6, 6.07) is 14.7. The number of nitrogens with zero attached hydrogens (tertiary/aromatic N) is 1. The summed E-state index contributed by atoms with van der Waals surface area (Å²) >= 11 is 13.2. The van der Waals surface area contributed by atoms with Crippen LogP contribution in [0.2, 0.25) is 5.02 Å². The maximum absolute atomic E-state index is 12.8. The van der Waals surface area contributed by atoms with Gasteiger partial charge < -0.3 is 21.3 Å². The highest BCUT2D eigenvalue weighted by molar-refractivity contribution is 7.80. The van der Waals surface area contributed by atoms with E-state index in [1.54, 1.807) is 18.2 Å². The highest BCUT2D eigenvalue weighted by Crippen LogP contribution is 2.37. The van der Waals surface area contributed by atoms with Crippen LogP contribution in [0, 0.1) is 6.92 Å². The molecule has 0 unspecified atom stereocenters. The number of carbonyl (C=O) groups excluding carboxylic acids is 2. The van der Waals surface area contributed by atoms with Crippen LogP contribution in [0.4, 0.5) is 10.7 Å². The van der Waals surface area contributed by atoms with Crippen molar-refractivity contribution < 1.29 is 9.59 Å². The number of halogens is 1. The van der Waals surface area contributed by atoms with Crippen molar-refractivity contribution in [3.63, 3.8) is 0 Å². The molecule has 9 heteroatoms. The molecule has 2 heterocycles. The number of thiophene rings is 1. The van der Waals surface area contributed by atoms with Gasteiger partial charge in [-0.3, -0.25) is 9.59 Å². The maximum Gasteiger partial charge on any atom is 0.256 e. The second kappa shape index (κ2) is 9.28. The highest BCUT2D eigenvalue weighted by Gasteiger charge is 2.29. The molecule has 1 aromatic heterocycles. The lowest BCUT2D eigenvalue weighted by Crippen LogP contribution is -2.38. The van der Waals surface area contributed by atoms with Crippen LogP contribution >= 0.6 is 35.2 Å². The average molecular weight is 485 g/mol. The lowest BCUT2D eigenvalue weighted by Gasteiger charge is -2.29. The Morgan fingerprint density at radius 3 is 2.56 bits per heavy atom. The first-order chi connectivity index (χ1) is 15.3. The molecule has 0 saturated heterocycles. The second-order valence-corrected chi connectivity index (χ2v) is 9.32. The summed E-state index contributed by atoms with van der Waals surface area (Å²) in [5.41, 5.74) is 9.10. The normalized spacial score (nSPS) is 12.8. The smallest absolute Gasteiger partial charge is 0.256 e. The predicted octanol–water partition coefficient (Wildman–Crippen LogP) is 4.82. The van der Waals surface area contributed by atoms with Crippen molar-refractivity contribution in [3.05, 3.63) is 80.7 Å². The lowest BCUT2D eigenvalue weighted by molar-refractivity contribution is 0.1000. The molecular weight excluding hydrogens is 464 g/mol. The largest absolute Gasteiger partial charge is 0.365 e. The molecule has 2 amide bonds. The molecular formula is C23H21ClN4O2S2. The van der Waals surface area contributed by atoms with Crippen LogP contribution in [0.15, 0.2) is 48.5 Å². The quantitative estimate of drug-likeness (QED) is 0.462. The summed E-state index contributed by atoms with van der Waals surface area (Å²) in [6.45, 7) is 3.00. The van der Waals surface area contributed by atoms with Crippen LogP contribution in [0.25, 0.3) is 0 Å². The van der Waals surface area contributed by atoms with Crippen LogP contribution in [0.5, 0.6) is 0 Å². The van der Waals surface area contributed by atoms with Gasteiger partial charge in [-0.25, -0.2) is 0 Å². The van der Waals surface area contributed by atoms with Gasteiger partial charge in [0.25, 0.3) is 11.8 Å². The summed E-state index contributed by atoms with van der Waals surface area (Å²) in [5, 5.41) is 7.68. The zero-order valence-electron chi connectivity index (χ0n) is 17.3. The van der Waals surface area contributed by atoms with Gasteiger partial charge in [0.15, 0.2) is 5.11 Å². The van der Waals surface area contributed by atoms with Gasteiger partial charge in [0.1, 0.15) is 5.00 Å². The van der Waals surface area contributed by atoms with Crippen LogP contribution in [-0.2, 0) is 13.0 Å². The average Bonchev–Trinajstić information content (AvgIpc) is 3.12. The fourth-order valence-electron chi connectivity index (χ4n) is 3.68. The van der Waals surface area contributed by atoms with E-state index in [9.17, 15) is 9.59 Å². The standard InChI is InChI=1S/C23H21ClN4O2S2/c1-13-6-2-3-7-14(13)21(30)27-22-19(20(25)29)15-10-11-28(12-18(15)32-22)23(31)26-17-9-5-4-8-16(17)24/h2-9H,10-12H2,1H3,(H2,25,29)(H,26,31)(H,27,30). The van der Waals surface area contributed by atoms with E-state index in [4.69, 9.17) is 29.6 Å². The number of fused-ring (bicyclic) bond motifs is 1. The van der Waals surface area contributed by atoms with Crippen LogP contribution in [0.1, 0.15) is 36.7 Å². The van der Waals surface area contributed by atoms with Crippen molar-refractivity contribution in [2.24, 2.45) is 5.73 Å². The molecule has 3 aromatic rings. The third kappa shape index (κ3) is 4.48. The number of amides is 2. The summed E-state index contributed by atoms with van der Waals surface area (Å²) in [7, 11) is 0. The van der Waals surface area contributed by atoms with Gasteiger partial charge in [-0.05, 0) is 54.9 Å².